The lowest BCUT2D eigenvalue weighted by atomic mass is 10.1. The van der Waals surface area contributed by atoms with Gasteiger partial charge in [0.15, 0.2) is 0 Å². The molecule has 0 aliphatic rings. The van der Waals surface area contributed by atoms with Gasteiger partial charge in [0.05, 0.1) is 11.8 Å². The van der Waals surface area contributed by atoms with Gasteiger partial charge in [-0.25, -0.2) is 4.79 Å². The van der Waals surface area contributed by atoms with Crippen molar-refractivity contribution in [2.24, 2.45) is 0 Å². The van der Waals surface area contributed by atoms with Crippen molar-refractivity contribution >= 4 is 11.7 Å². The Morgan fingerprint density at radius 3 is 2.71 bits per heavy atom. The Bertz CT molecular complexity index is 405. The van der Waals surface area contributed by atoms with Crippen LogP contribution in [0.3, 0.4) is 0 Å². The van der Waals surface area contributed by atoms with E-state index in [-0.39, 0.29) is 11.6 Å². The molecule has 1 heterocycles. The first-order chi connectivity index (χ1) is 7.90. The fourth-order valence-corrected chi connectivity index (χ4v) is 1.69. The zero-order valence-corrected chi connectivity index (χ0v) is 10.3. The number of anilines is 1. The van der Waals surface area contributed by atoms with Gasteiger partial charge in [-0.1, -0.05) is 0 Å². The summed E-state index contributed by atoms with van der Waals surface area (Å²) in [5.74, 6) is -1.01. The number of hydrogen-bond donors (Lipinski definition) is 3. The fraction of sp³-hybridized carbons (Fsp3) is 0.500. The number of carboxylic acid groups (broad SMARTS) is 1. The first kappa shape index (κ1) is 13.4. The van der Waals surface area contributed by atoms with Crippen molar-refractivity contribution in [2.45, 2.75) is 39.3 Å². The predicted molar refractivity (Wildman–Crippen MR) is 65.3 cm³/mol. The molecule has 2 atom stereocenters. The van der Waals surface area contributed by atoms with Crippen LogP contribution in [0.5, 0.6) is 0 Å². The van der Waals surface area contributed by atoms with Crippen molar-refractivity contribution in [3.05, 3.63) is 23.5 Å². The lowest BCUT2D eigenvalue weighted by molar-refractivity contribution is 0.0697. The highest BCUT2D eigenvalue weighted by atomic mass is 16.4. The smallest absolute Gasteiger partial charge is 0.339 e. The maximum absolute atomic E-state index is 11.0. The molecule has 3 N–H and O–H groups in total. The van der Waals surface area contributed by atoms with Gasteiger partial charge in [-0.2, -0.15) is 0 Å². The van der Waals surface area contributed by atoms with Crippen LogP contribution in [0.15, 0.2) is 12.3 Å². The third kappa shape index (κ3) is 4.03. The number of nitrogens with zero attached hydrogens (tertiary/aromatic N) is 1. The summed E-state index contributed by atoms with van der Waals surface area (Å²) in [4.78, 5) is 15.0. The summed E-state index contributed by atoms with van der Waals surface area (Å²) in [7, 11) is 0. The number of aryl methyl sites for hydroxylation is 1. The molecule has 5 nitrogen and oxygen atoms in total. The predicted octanol–water partition coefficient (Wildman–Crippen LogP) is 1.66. The Balaban J connectivity index is 2.88. The molecule has 0 fully saturated rings. The van der Waals surface area contributed by atoms with Crippen LogP contribution in [-0.4, -0.2) is 33.3 Å². The van der Waals surface area contributed by atoms with Crippen molar-refractivity contribution in [2.75, 3.05) is 5.32 Å². The third-order valence-corrected chi connectivity index (χ3v) is 2.37. The molecular formula is C12H18N2O3. The minimum atomic E-state index is -1.01. The highest BCUT2D eigenvalue weighted by Crippen LogP contribution is 2.17. The molecule has 0 saturated heterocycles. The standard InChI is InChI=1S/C12H18N2O3/c1-7-5-11(10(6-13-7)12(16)17)14-8(2)4-9(3)15/h5-6,8-9,15H,4H2,1-3H3,(H,13,14)(H,16,17). The first-order valence-corrected chi connectivity index (χ1v) is 5.54. The normalized spacial score (nSPS) is 14.1. The molecule has 0 spiro atoms. The van der Waals surface area contributed by atoms with Crippen molar-refractivity contribution in [1.82, 2.24) is 4.98 Å². The second-order valence-corrected chi connectivity index (χ2v) is 4.31. The summed E-state index contributed by atoms with van der Waals surface area (Å²) < 4.78 is 0. The molecule has 0 aromatic carbocycles. The molecule has 1 aromatic heterocycles. The van der Waals surface area contributed by atoms with E-state index < -0.39 is 12.1 Å². The minimum Gasteiger partial charge on any atom is -0.478 e. The summed E-state index contributed by atoms with van der Waals surface area (Å²) >= 11 is 0. The number of nitrogens with one attached hydrogen (secondary N) is 1. The quantitative estimate of drug-likeness (QED) is 0.726. The van der Waals surface area contributed by atoms with Crippen LogP contribution in [0.4, 0.5) is 5.69 Å². The largest absolute Gasteiger partial charge is 0.478 e. The van der Waals surface area contributed by atoms with Gasteiger partial charge in [-0.05, 0) is 33.3 Å². The number of aromatic nitrogens is 1. The zero-order valence-electron chi connectivity index (χ0n) is 10.3. The fourth-order valence-electron chi connectivity index (χ4n) is 1.69. The molecule has 17 heavy (non-hydrogen) atoms. The van der Waals surface area contributed by atoms with Crippen LogP contribution < -0.4 is 5.32 Å². The summed E-state index contributed by atoms with van der Waals surface area (Å²) in [5.41, 5.74) is 1.44. The summed E-state index contributed by atoms with van der Waals surface area (Å²) in [6.07, 6.45) is 1.48. The van der Waals surface area contributed by atoms with E-state index in [4.69, 9.17) is 5.11 Å². The number of rotatable bonds is 5. The summed E-state index contributed by atoms with van der Waals surface area (Å²) in [6, 6.07) is 1.69. The minimum absolute atomic E-state index is 0.00472. The van der Waals surface area contributed by atoms with Crippen molar-refractivity contribution < 1.29 is 15.0 Å². The van der Waals surface area contributed by atoms with E-state index in [0.29, 0.717) is 12.1 Å². The van der Waals surface area contributed by atoms with E-state index in [2.05, 4.69) is 10.3 Å². The van der Waals surface area contributed by atoms with E-state index in [0.717, 1.165) is 5.69 Å². The van der Waals surface area contributed by atoms with Gasteiger partial charge in [-0.15, -0.1) is 0 Å². The number of aliphatic hydroxyl groups is 1. The van der Waals surface area contributed by atoms with Gasteiger partial charge in [0.1, 0.15) is 5.56 Å². The number of carboxylic acids is 1. The van der Waals surface area contributed by atoms with Gasteiger partial charge in [0.2, 0.25) is 0 Å². The van der Waals surface area contributed by atoms with Crippen molar-refractivity contribution in [1.29, 1.82) is 0 Å². The van der Waals surface area contributed by atoms with Crippen molar-refractivity contribution in [3.8, 4) is 0 Å². The van der Waals surface area contributed by atoms with Crippen LogP contribution in [0.1, 0.15) is 36.3 Å². The molecule has 0 saturated carbocycles. The molecule has 94 valence electrons. The second kappa shape index (κ2) is 5.63. The Labute approximate surface area is 101 Å². The highest BCUT2D eigenvalue weighted by molar-refractivity contribution is 5.93. The van der Waals surface area contributed by atoms with Gasteiger partial charge >= 0.3 is 5.97 Å². The maximum atomic E-state index is 11.0. The van der Waals surface area contributed by atoms with E-state index in [1.54, 1.807) is 19.9 Å². The molecule has 0 amide bonds. The first-order valence-electron chi connectivity index (χ1n) is 5.54. The molecule has 1 aromatic rings. The number of aliphatic hydroxyl groups excluding tert-OH is 1. The van der Waals surface area contributed by atoms with Crippen LogP contribution >= 0.6 is 0 Å². The van der Waals surface area contributed by atoms with Crippen LogP contribution in [0, 0.1) is 6.92 Å². The summed E-state index contributed by atoms with van der Waals surface area (Å²) in [5, 5.41) is 21.4. The zero-order chi connectivity index (χ0) is 13.0. The molecule has 0 aliphatic carbocycles. The van der Waals surface area contributed by atoms with Gasteiger partial charge in [0.25, 0.3) is 0 Å². The maximum Gasteiger partial charge on any atom is 0.339 e. The lowest BCUT2D eigenvalue weighted by Gasteiger charge is -2.18. The Morgan fingerprint density at radius 1 is 1.53 bits per heavy atom. The summed E-state index contributed by atoms with van der Waals surface area (Å²) in [6.45, 7) is 5.40. The number of pyridine rings is 1. The molecule has 5 heteroatoms. The molecule has 0 aliphatic heterocycles. The molecular weight excluding hydrogens is 220 g/mol. The topological polar surface area (TPSA) is 82.5 Å². The van der Waals surface area contributed by atoms with Gasteiger partial charge in [0, 0.05) is 17.9 Å². The van der Waals surface area contributed by atoms with E-state index in [1.165, 1.54) is 6.20 Å². The molecule has 0 radical (unpaired) electrons. The molecule has 0 bridgehead atoms. The Hall–Kier alpha value is -1.62. The van der Waals surface area contributed by atoms with Gasteiger partial charge in [-0.3, -0.25) is 4.98 Å². The van der Waals surface area contributed by atoms with Crippen LogP contribution in [0.2, 0.25) is 0 Å². The van der Waals surface area contributed by atoms with Crippen LogP contribution in [-0.2, 0) is 0 Å². The van der Waals surface area contributed by atoms with E-state index in [1.807, 2.05) is 6.92 Å². The number of carbonyl (C=O) groups is 1. The monoisotopic (exact) mass is 238 g/mol. The molecule has 2 unspecified atom stereocenters. The number of hydrogen-bond acceptors (Lipinski definition) is 4. The van der Waals surface area contributed by atoms with E-state index >= 15 is 0 Å². The van der Waals surface area contributed by atoms with Crippen LogP contribution in [0.25, 0.3) is 0 Å². The second-order valence-electron chi connectivity index (χ2n) is 4.31. The highest BCUT2D eigenvalue weighted by Gasteiger charge is 2.13. The lowest BCUT2D eigenvalue weighted by Crippen LogP contribution is -2.22. The van der Waals surface area contributed by atoms with Gasteiger partial charge < -0.3 is 15.5 Å². The number of aromatic carboxylic acids is 1. The SMILES string of the molecule is Cc1cc(NC(C)CC(C)O)c(C(=O)O)cn1. The molecule has 1 rings (SSSR count). The van der Waals surface area contributed by atoms with Crippen molar-refractivity contribution in [3.63, 3.8) is 0 Å². The van der Waals surface area contributed by atoms with E-state index in [9.17, 15) is 9.90 Å². The Kier molecular flexibility index (Phi) is 4.45. The average Bonchev–Trinajstić information content (AvgIpc) is 2.15. The average molecular weight is 238 g/mol. The third-order valence-electron chi connectivity index (χ3n) is 2.37. The Morgan fingerprint density at radius 2 is 2.18 bits per heavy atom.